The Balaban J connectivity index is 2.16. The van der Waals surface area contributed by atoms with Crippen molar-refractivity contribution >= 4 is 11.9 Å². The monoisotopic (exact) mass is 293 g/mol. The van der Waals surface area contributed by atoms with Gasteiger partial charge >= 0.3 is 6.01 Å². The molecule has 0 saturated heterocycles. The van der Waals surface area contributed by atoms with Crippen molar-refractivity contribution in [2.45, 2.75) is 58.4 Å². The second-order valence-corrected chi connectivity index (χ2v) is 5.52. The highest BCUT2D eigenvalue weighted by atomic mass is 16.5. The molecule has 0 unspecified atom stereocenters. The summed E-state index contributed by atoms with van der Waals surface area (Å²) in [5.74, 6) is 1.30. The number of rotatable bonds is 7. The Morgan fingerprint density at radius 2 is 1.90 bits per heavy atom. The first-order valence-electron chi connectivity index (χ1n) is 8.10. The number of anilines is 2. The zero-order valence-corrected chi connectivity index (χ0v) is 13.4. The molecule has 0 spiro atoms. The molecule has 21 heavy (non-hydrogen) atoms. The summed E-state index contributed by atoms with van der Waals surface area (Å²) in [7, 11) is 2.07. The summed E-state index contributed by atoms with van der Waals surface area (Å²) in [5, 5.41) is 3.15. The third-order valence-corrected chi connectivity index (χ3v) is 3.81. The molecule has 0 atom stereocenters. The summed E-state index contributed by atoms with van der Waals surface area (Å²) < 4.78 is 5.59. The molecule has 1 aliphatic carbocycles. The summed E-state index contributed by atoms with van der Waals surface area (Å²) in [5.41, 5.74) is 0. The highest BCUT2D eigenvalue weighted by Crippen LogP contribution is 2.25. The van der Waals surface area contributed by atoms with Crippen LogP contribution in [-0.2, 0) is 0 Å². The Morgan fingerprint density at radius 1 is 1.14 bits per heavy atom. The van der Waals surface area contributed by atoms with Gasteiger partial charge in [-0.05, 0) is 26.2 Å². The minimum absolute atomic E-state index is 0.417. The van der Waals surface area contributed by atoms with Crippen molar-refractivity contribution in [1.29, 1.82) is 0 Å². The van der Waals surface area contributed by atoms with E-state index in [0.717, 1.165) is 13.0 Å². The molecule has 2 rings (SSSR count). The van der Waals surface area contributed by atoms with Crippen LogP contribution in [0, 0.1) is 0 Å². The van der Waals surface area contributed by atoms with Gasteiger partial charge in [-0.2, -0.15) is 15.0 Å². The van der Waals surface area contributed by atoms with Crippen molar-refractivity contribution in [3.8, 4) is 6.01 Å². The van der Waals surface area contributed by atoms with Gasteiger partial charge in [-0.3, -0.25) is 0 Å². The second kappa shape index (κ2) is 8.00. The highest BCUT2D eigenvalue weighted by Gasteiger charge is 2.21. The Labute approximate surface area is 127 Å². The molecular weight excluding hydrogens is 266 g/mol. The van der Waals surface area contributed by atoms with Crippen molar-refractivity contribution in [1.82, 2.24) is 15.0 Å². The Morgan fingerprint density at radius 3 is 2.57 bits per heavy atom. The lowest BCUT2D eigenvalue weighted by Crippen LogP contribution is -2.34. The SMILES string of the molecule is CCCOc1nc(NCC)nc(N(C)C2CCCCC2)n1. The molecule has 1 aliphatic rings. The standard InChI is InChI=1S/C15H27N5O/c1-4-11-21-15-18-13(16-5-2)17-14(19-15)20(3)12-9-7-6-8-10-12/h12H,4-11H2,1-3H3,(H,16,17,18,19). The molecule has 1 heterocycles. The van der Waals surface area contributed by atoms with Crippen molar-refractivity contribution in [3.05, 3.63) is 0 Å². The summed E-state index contributed by atoms with van der Waals surface area (Å²) in [6.07, 6.45) is 7.29. The molecule has 6 nitrogen and oxygen atoms in total. The van der Waals surface area contributed by atoms with Crippen molar-refractivity contribution < 1.29 is 4.74 Å². The van der Waals surface area contributed by atoms with E-state index < -0.39 is 0 Å². The molecule has 0 bridgehead atoms. The number of ether oxygens (including phenoxy) is 1. The van der Waals surface area contributed by atoms with Crippen LogP contribution in [0.4, 0.5) is 11.9 Å². The number of nitrogens with zero attached hydrogens (tertiary/aromatic N) is 4. The third-order valence-electron chi connectivity index (χ3n) is 3.81. The average Bonchev–Trinajstić information content (AvgIpc) is 2.53. The first kappa shape index (κ1) is 15.8. The van der Waals surface area contributed by atoms with E-state index in [-0.39, 0.29) is 0 Å². The number of aromatic nitrogens is 3. The van der Waals surface area contributed by atoms with E-state index in [2.05, 4.69) is 39.1 Å². The summed E-state index contributed by atoms with van der Waals surface area (Å²) in [4.78, 5) is 15.5. The fourth-order valence-corrected chi connectivity index (χ4v) is 2.63. The first-order chi connectivity index (χ1) is 10.2. The van der Waals surface area contributed by atoms with Gasteiger partial charge in [0.1, 0.15) is 0 Å². The van der Waals surface area contributed by atoms with Crippen LogP contribution in [0.25, 0.3) is 0 Å². The van der Waals surface area contributed by atoms with Gasteiger partial charge in [0.2, 0.25) is 11.9 Å². The van der Waals surface area contributed by atoms with Gasteiger partial charge in [-0.1, -0.05) is 26.2 Å². The molecule has 0 radical (unpaired) electrons. The molecule has 0 amide bonds. The Bertz CT molecular complexity index is 434. The second-order valence-electron chi connectivity index (χ2n) is 5.52. The van der Waals surface area contributed by atoms with Crippen molar-refractivity contribution in [3.63, 3.8) is 0 Å². The van der Waals surface area contributed by atoms with Crippen LogP contribution in [0.5, 0.6) is 6.01 Å². The van der Waals surface area contributed by atoms with E-state index in [1.54, 1.807) is 0 Å². The van der Waals surface area contributed by atoms with E-state index >= 15 is 0 Å². The highest BCUT2D eigenvalue weighted by molar-refractivity contribution is 5.38. The Kier molecular flexibility index (Phi) is 6.02. The predicted molar refractivity (Wildman–Crippen MR) is 85.1 cm³/mol. The lowest BCUT2D eigenvalue weighted by molar-refractivity contribution is 0.291. The lowest BCUT2D eigenvalue weighted by atomic mass is 9.95. The van der Waals surface area contributed by atoms with E-state index in [1.165, 1.54) is 32.1 Å². The normalized spacial score (nSPS) is 15.8. The molecular formula is C15H27N5O. The van der Waals surface area contributed by atoms with Gasteiger partial charge in [0.05, 0.1) is 6.61 Å². The zero-order chi connectivity index (χ0) is 15.1. The van der Waals surface area contributed by atoms with Gasteiger partial charge in [-0.25, -0.2) is 0 Å². The van der Waals surface area contributed by atoms with E-state index in [4.69, 9.17) is 4.74 Å². The Hall–Kier alpha value is -1.59. The van der Waals surface area contributed by atoms with Gasteiger partial charge in [0.25, 0.3) is 0 Å². The van der Waals surface area contributed by atoms with E-state index in [1.807, 2.05) is 6.92 Å². The largest absolute Gasteiger partial charge is 0.463 e. The molecule has 1 fully saturated rings. The minimum Gasteiger partial charge on any atom is -0.463 e. The molecule has 1 N–H and O–H groups in total. The lowest BCUT2D eigenvalue weighted by Gasteiger charge is -2.31. The molecule has 0 aromatic carbocycles. The van der Waals surface area contributed by atoms with Crippen molar-refractivity contribution in [2.75, 3.05) is 30.4 Å². The van der Waals surface area contributed by atoms with Crippen LogP contribution in [0.2, 0.25) is 0 Å². The molecule has 0 aliphatic heterocycles. The zero-order valence-electron chi connectivity index (χ0n) is 13.4. The van der Waals surface area contributed by atoms with E-state index in [9.17, 15) is 0 Å². The maximum atomic E-state index is 5.59. The van der Waals surface area contributed by atoms with Gasteiger partial charge in [0, 0.05) is 19.6 Å². The summed E-state index contributed by atoms with van der Waals surface area (Å²) >= 11 is 0. The maximum absolute atomic E-state index is 5.59. The minimum atomic E-state index is 0.417. The van der Waals surface area contributed by atoms with Gasteiger partial charge in [-0.15, -0.1) is 0 Å². The fourth-order valence-electron chi connectivity index (χ4n) is 2.63. The fraction of sp³-hybridized carbons (Fsp3) is 0.800. The van der Waals surface area contributed by atoms with Gasteiger partial charge < -0.3 is 15.0 Å². The first-order valence-corrected chi connectivity index (χ1v) is 8.10. The molecule has 6 heteroatoms. The number of nitrogens with one attached hydrogen (secondary N) is 1. The smallest absolute Gasteiger partial charge is 0.323 e. The molecule has 1 aromatic heterocycles. The summed E-state index contributed by atoms with van der Waals surface area (Å²) in [6.45, 7) is 5.51. The van der Waals surface area contributed by atoms with Crippen molar-refractivity contribution in [2.24, 2.45) is 0 Å². The van der Waals surface area contributed by atoms with Crippen LogP contribution in [0.15, 0.2) is 0 Å². The van der Waals surface area contributed by atoms with Crippen LogP contribution >= 0.6 is 0 Å². The summed E-state index contributed by atoms with van der Waals surface area (Å²) in [6, 6.07) is 0.940. The van der Waals surface area contributed by atoms with Gasteiger partial charge in [0.15, 0.2) is 0 Å². The van der Waals surface area contributed by atoms with Crippen LogP contribution < -0.4 is 15.0 Å². The number of hydrogen-bond donors (Lipinski definition) is 1. The van der Waals surface area contributed by atoms with Crippen LogP contribution in [0.1, 0.15) is 52.4 Å². The van der Waals surface area contributed by atoms with Crippen LogP contribution in [-0.4, -0.2) is 41.2 Å². The van der Waals surface area contributed by atoms with Crippen LogP contribution in [0.3, 0.4) is 0 Å². The third kappa shape index (κ3) is 4.44. The average molecular weight is 293 g/mol. The number of hydrogen-bond acceptors (Lipinski definition) is 6. The molecule has 118 valence electrons. The topological polar surface area (TPSA) is 63.2 Å². The quantitative estimate of drug-likeness (QED) is 0.834. The maximum Gasteiger partial charge on any atom is 0.323 e. The van der Waals surface area contributed by atoms with E-state index in [0.29, 0.717) is 30.6 Å². The molecule has 1 saturated carbocycles. The predicted octanol–water partition coefficient (Wildman–Crippen LogP) is 2.86. The molecule has 1 aromatic rings.